The fourth-order valence-electron chi connectivity index (χ4n) is 3.24. The van der Waals surface area contributed by atoms with Crippen molar-refractivity contribution in [3.05, 3.63) is 98.9 Å². The number of hydrogen-bond donors (Lipinski definition) is 0. The molecule has 0 aromatic heterocycles. The molecule has 0 bridgehead atoms. The van der Waals surface area contributed by atoms with Gasteiger partial charge in [0, 0.05) is 5.56 Å². The van der Waals surface area contributed by atoms with Gasteiger partial charge in [0.05, 0.1) is 11.1 Å². The highest BCUT2D eigenvalue weighted by Gasteiger charge is 2.24. The fraction of sp³-hybridized carbons (Fsp3) is 0.154. The number of hydrogen-bond acceptors (Lipinski definition) is 5. The average Bonchev–Trinajstić information content (AvgIpc) is 3.14. The number of aryl methyl sites for hydroxylation is 1. The molecule has 168 valence electrons. The molecule has 33 heavy (non-hydrogen) atoms. The second-order valence-corrected chi connectivity index (χ2v) is 8.24. The Balaban J connectivity index is 1.61. The molecule has 0 saturated heterocycles. The van der Waals surface area contributed by atoms with Crippen LogP contribution in [0.4, 0.5) is 4.39 Å². The van der Waals surface area contributed by atoms with Crippen molar-refractivity contribution in [1.82, 2.24) is 0 Å². The summed E-state index contributed by atoms with van der Waals surface area (Å²) in [5, 5.41) is 0. The highest BCUT2D eigenvalue weighted by Crippen LogP contribution is 2.38. The lowest BCUT2D eigenvalue weighted by Crippen LogP contribution is -2.05. The summed E-state index contributed by atoms with van der Waals surface area (Å²) in [6.07, 6.45) is 1.63. The lowest BCUT2D eigenvalue weighted by Gasteiger charge is -2.15. The second kappa shape index (κ2) is 10.0. The molecule has 5 nitrogen and oxygen atoms in total. The average molecular weight is 510 g/mol. The van der Waals surface area contributed by atoms with Gasteiger partial charge in [-0.2, -0.15) is 0 Å². The highest BCUT2D eigenvalue weighted by atomic mass is 79.9. The van der Waals surface area contributed by atoms with E-state index in [-0.39, 0.29) is 24.0 Å². The van der Waals surface area contributed by atoms with Gasteiger partial charge in [-0.15, -0.1) is 0 Å². The predicted octanol–water partition coefficient (Wildman–Crippen LogP) is 6.22. The number of cyclic esters (lactones) is 1. The SMILES string of the molecule is CCOc1cc(/C=C2\N=C(c3ccc(C)cc3)OC2=O)cc(Br)c1OCc1cccc(F)c1. The van der Waals surface area contributed by atoms with Crippen LogP contribution in [0.25, 0.3) is 6.08 Å². The maximum absolute atomic E-state index is 13.5. The van der Waals surface area contributed by atoms with E-state index in [1.54, 1.807) is 30.3 Å². The number of rotatable bonds is 7. The van der Waals surface area contributed by atoms with Crippen molar-refractivity contribution in [2.75, 3.05) is 6.61 Å². The minimum absolute atomic E-state index is 0.174. The molecule has 0 saturated carbocycles. The summed E-state index contributed by atoms with van der Waals surface area (Å²) in [5.74, 6) is 0.401. The van der Waals surface area contributed by atoms with Crippen LogP contribution < -0.4 is 9.47 Å². The zero-order valence-electron chi connectivity index (χ0n) is 18.1. The summed E-state index contributed by atoms with van der Waals surface area (Å²) in [7, 11) is 0. The summed E-state index contributed by atoms with van der Waals surface area (Å²) in [5.41, 5.74) is 3.40. The fourth-order valence-corrected chi connectivity index (χ4v) is 3.82. The Hall–Kier alpha value is -3.45. The molecule has 4 rings (SSSR count). The maximum atomic E-state index is 13.5. The van der Waals surface area contributed by atoms with Crippen molar-refractivity contribution >= 4 is 33.9 Å². The lowest BCUT2D eigenvalue weighted by atomic mass is 10.1. The standard InChI is InChI=1S/C26H21BrFNO4/c1-3-31-23-14-18(12-21(27)24(23)32-15-17-5-4-6-20(28)11-17)13-22-26(30)33-25(29-22)19-9-7-16(2)8-10-19/h4-14H,3,15H2,1-2H3/b22-13-. The third-order valence-electron chi connectivity index (χ3n) is 4.83. The molecule has 0 aliphatic carbocycles. The Bertz CT molecular complexity index is 1250. The molecule has 0 amide bonds. The van der Waals surface area contributed by atoms with E-state index in [0.29, 0.717) is 33.7 Å². The Labute approximate surface area is 199 Å². The number of aliphatic imine (C=N–C) groups is 1. The molecular weight excluding hydrogens is 489 g/mol. The maximum Gasteiger partial charge on any atom is 0.363 e. The Morgan fingerprint density at radius 2 is 1.88 bits per heavy atom. The van der Waals surface area contributed by atoms with Crippen LogP contribution in [0, 0.1) is 12.7 Å². The third-order valence-corrected chi connectivity index (χ3v) is 5.42. The second-order valence-electron chi connectivity index (χ2n) is 7.38. The van der Waals surface area contributed by atoms with Crippen LogP contribution in [0.15, 0.2) is 75.8 Å². The van der Waals surface area contributed by atoms with E-state index in [4.69, 9.17) is 14.2 Å². The van der Waals surface area contributed by atoms with Gasteiger partial charge in [0.2, 0.25) is 5.90 Å². The quantitative estimate of drug-likeness (QED) is 0.280. The van der Waals surface area contributed by atoms with E-state index in [9.17, 15) is 9.18 Å². The van der Waals surface area contributed by atoms with Gasteiger partial charge in [-0.1, -0.05) is 29.8 Å². The first-order valence-electron chi connectivity index (χ1n) is 10.4. The van der Waals surface area contributed by atoms with Gasteiger partial charge in [0.25, 0.3) is 0 Å². The van der Waals surface area contributed by atoms with Crippen LogP contribution in [-0.2, 0) is 16.1 Å². The van der Waals surface area contributed by atoms with Crippen molar-refractivity contribution < 1.29 is 23.4 Å². The molecule has 0 radical (unpaired) electrons. The molecule has 7 heteroatoms. The smallest absolute Gasteiger partial charge is 0.363 e. The zero-order valence-corrected chi connectivity index (χ0v) is 19.7. The van der Waals surface area contributed by atoms with Crippen LogP contribution in [0.3, 0.4) is 0 Å². The number of carbonyl (C=O) groups is 1. The summed E-state index contributed by atoms with van der Waals surface area (Å²) in [6, 6.07) is 17.4. The summed E-state index contributed by atoms with van der Waals surface area (Å²) >= 11 is 3.52. The first-order chi connectivity index (χ1) is 15.9. The summed E-state index contributed by atoms with van der Waals surface area (Å²) in [6.45, 7) is 4.44. The minimum Gasteiger partial charge on any atom is -0.490 e. The van der Waals surface area contributed by atoms with Crippen LogP contribution in [0.5, 0.6) is 11.5 Å². The molecule has 0 spiro atoms. The molecule has 1 aliphatic rings. The first kappa shape index (κ1) is 22.7. The van der Waals surface area contributed by atoms with Gasteiger partial charge in [-0.05, 0) is 83.4 Å². The zero-order chi connectivity index (χ0) is 23.4. The predicted molar refractivity (Wildman–Crippen MR) is 128 cm³/mol. The van der Waals surface area contributed by atoms with Gasteiger partial charge in [0.15, 0.2) is 17.2 Å². The summed E-state index contributed by atoms with van der Waals surface area (Å²) < 4.78 is 31.1. The third kappa shape index (κ3) is 5.49. The van der Waals surface area contributed by atoms with Crippen molar-refractivity contribution in [2.45, 2.75) is 20.5 Å². The van der Waals surface area contributed by atoms with Crippen molar-refractivity contribution in [1.29, 1.82) is 0 Å². The Morgan fingerprint density at radius 1 is 1.09 bits per heavy atom. The molecule has 3 aromatic carbocycles. The Morgan fingerprint density at radius 3 is 2.61 bits per heavy atom. The van der Waals surface area contributed by atoms with E-state index in [1.807, 2.05) is 38.1 Å². The molecule has 0 unspecified atom stereocenters. The number of esters is 1. The van der Waals surface area contributed by atoms with Gasteiger partial charge >= 0.3 is 5.97 Å². The van der Waals surface area contributed by atoms with Gasteiger partial charge in [-0.3, -0.25) is 0 Å². The summed E-state index contributed by atoms with van der Waals surface area (Å²) in [4.78, 5) is 16.7. The van der Waals surface area contributed by atoms with Crippen LogP contribution >= 0.6 is 15.9 Å². The molecule has 0 fully saturated rings. The van der Waals surface area contributed by atoms with Gasteiger partial charge in [0.1, 0.15) is 12.4 Å². The normalized spacial score (nSPS) is 14.2. The van der Waals surface area contributed by atoms with Crippen molar-refractivity contribution in [3.63, 3.8) is 0 Å². The number of halogens is 2. The van der Waals surface area contributed by atoms with Crippen molar-refractivity contribution in [3.8, 4) is 11.5 Å². The van der Waals surface area contributed by atoms with Crippen LogP contribution in [-0.4, -0.2) is 18.5 Å². The van der Waals surface area contributed by atoms with E-state index < -0.39 is 5.97 Å². The molecule has 1 heterocycles. The molecule has 0 N–H and O–H groups in total. The van der Waals surface area contributed by atoms with Crippen molar-refractivity contribution in [2.24, 2.45) is 4.99 Å². The molecular formula is C26H21BrFNO4. The minimum atomic E-state index is -0.522. The van der Waals surface area contributed by atoms with Gasteiger partial charge in [-0.25, -0.2) is 14.2 Å². The Kier molecular flexibility index (Phi) is 6.89. The largest absolute Gasteiger partial charge is 0.490 e. The molecule has 0 atom stereocenters. The highest BCUT2D eigenvalue weighted by molar-refractivity contribution is 9.10. The van der Waals surface area contributed by atoms with E-state index in [0.717, 1.165) is 11.1 Å². The number of nitrogens with zero attached hydrogens (tertiary/aromatic N) is 1. The van der Waals surface area contributed by atoms with E-state index >= 15 is 0 Å². The molecule has 1 aliphatic heterocycles. The van der Waals surface area contributed by atoms with E-state index in [2.05, 4.69) is 20.9 Å². The van der Waals surface area contributed by atoms with Crippen LogP contribution in [0.2, 0.25) is 0 Å². The topological polar surface area (TPSA) is 57.1 Å². The lowest BCUT2D eigenvalue weighted by molar-refractivity contribution is -0.129. The number of benzene rings is 3. The monoisotopic (exact) mass is 509 g/mol. The van der Waals surface area contributed by atoms with E-state index in [1.165, 1.54) is 12.1 Å². The number of ether oxygens (including phenoxy) is 3. The van der Waals surface area contributed by atoms with Crippen LogP contribution in [0.1, 0.15) is 29.2 Å². The van der Waals surface area contributed by atoms with Gasteiger partial charge < -0.3 is 14.2 Å². The molecule has 3 aromatic rings. The first-order valence-corrected chi connectivity index (χ1v) is 11.2. The number of carbonyl (C=O) groups excluding carboxylic acids is 1.